The summed E-state index contributed by atoms with van der Waals surface area (Å²) < 4.78 is 15.2. The molecule has 1 aliphatic heterocycles. The number of ether oxygens (including phenoxy) is 3. The molecule has 0 spiro atoms. The van der Waals surface area contributed by atoms with Crippen LogP contribution in [0.25, 0.3) is 0 Å². The maximum atomic E-state index is 10.9. The fourth-order valence-electron chi connectivity index (χ4n) is 1.61. The molecule has 1 saturated heterocycles. The first-order chi connectivity index (χ1) is 7.89. The lowest BCUT2D eigenvalue weighted by Crippen LogP contribution is -2.54. The highest BCUT2D eigenvalue weighted by molar-refractivity contribution is 5.81. The second-order valence-electron chi connectivity index (χ2n) is 4.19. The first kappa shape index (κ1) is 14.1. The van der Waals surface area contributed by atoms with Gasteiger partial charge in [0.2, 0.25) is 0 Å². The van der Waals surface area contributed by atoms with Crippen molar-refractivity contribution in [3.63, 3.8) is 0 Å². The van der Waals surface area contributed by atoms with Gasteiger partial charge in [0.1, 0.15) is 18.3 Å². The molecule has 1 fully saturated rings. The van der Waals surface area contributed by atoms with Gasteiger partial charge in [-0.3, -0.25) is 0 Å². The van der Waals surface area contributed by atoms with Crippen molar-refractivity contribution < 1.29 is 29.2 Å². The second kappa shape index (κ2) is 5.59. The fourth-order valence-corrected chi connectivity index (χ4v) is 1.61. The summed E-state index contributed by atoms with van der Waals surface area (Å²) >= 11 is 0. The molecule has 3 atom stereocenters. The molecule has 1 aliphatic rings. The molecule has 2 N–H and O–H groups in total. The Morgan fingerprint density at radius 3 is 2.65 bits per heavy atom. The van der Waals surface area contributed by atoms with Crippen LogP contribution in [0.1, 0.15) is 13.8 Å². The predicted molar refractivity (Wildman–Crippen MR) is 58.1 cm³/mol. The minimum atomic E-state index is -1.03. The number of carbonyl (C=O) groups excluding carboxylic acids is 1. The maximum absolute atomic E-state index is 10.9. The van der Waals surface area contributed by atoms with Crippen LogP contribution in [0.3, 0.4) is 0 Å². The smallest absolute Gasteiger partial charge is 0.330 e. The monoisotopic (exact) mass is 246 g/mol. The third-order valence-corrected chi connectivity index (χ3v) is 2.38. The van der Waals surface area contributed by atoms with Crippen LogP contribution in [0.2, 0.25) is 0 Å². The zero-order valence-corrected chi connectivity index (χ0v) is 10.1. The van der Waals surface area contributed by atoms with E-state index in [4.69, 9.17) is 14.6 Å². The molecular weight excluding hydrogens is 228 g/mol. The van der Waals surface area contributed by atoms with Crippen molar-refractivity contribution in [1.29, 1.82) is 0 Å². The Hall–Kier alpha value is -0.950. The van der Waals surface area contributed by atoms with Crippen molar-refractivity contribution >= 4 is 5.97 Å². The van der Waals surface area contributed by atoms with Gasteiger partial charge in [0.05, 0.1) is 13.7 Å². The van der Waals surface area contributed by atoms with E-state index >= 15 is 0 Å². The molecule has 17 heavy (non-hydrogen) atoms. The van der Waals surface area contributed by atoms with Gasteiger partial charge in [-0.2, -0.15) is 0 Å². The van der Waals surface area contributed by atoms with Gasteiger partial charge in [-0.05, 0) is 19.9 Å². The van der Waals surface area contributed by atoms with Crippen molar-refractivity contribution in [1.82, 2.24) is 0 Å². The molecule has 1 heterocycles. The highest BCUT2D eigenvalue weighted by atomic mass is 16.7. The van der Waals surface area contributed by atoms with Crippen LogP contribution in [0, 0.1) is 0 Å². The van der Waals surface area contributed by atoms with Crippen molar-refractivity contribution in [2.75, 3.05) is 13.7 Å². The van der Waals surface area contributed by atoms with E-state index < -0.39 is 30.1 Å². The normalized spacial score (nSPS) is 32.6. The average Bonchev–Trinajstić information content (AvgIpc) is 2.29. The van der Waals surface area contributed by atoms with Gasteiger partial charge < -0.3 is 24.4 Å². The van der Waals surface area contributed by atoms with Crippen LogP contribution in [-0.2, 0) is 19.0 Å². The minimum Gasteiger partial charge on any atom is -0.466 e. The number of esters is 1. The molecule has 0 aliphatic carbocycles. The van der Waals surface area contributed by atoms with Gasteiger partial charge in [0.25, 0.3) is 0 Å². The number of aliphatic hydroxyl groups is 2. The van der Waals surface area contributed by atoms with E-state index in [-0.39, 0.29) is 6.61 Å². The Bertz CT molecular complexity index is 298. The van der Waals surface area contributed by atoms with Gasteiger partial charge in [0.15, 0.2) is 5.79 Å². The summed E-state index contributed by atoms with van der Waals surface area (Å²) in [7, 11) is 1.26. The summed E-state index contributed by atoms with van der Waals surface area (Å²) in [5.74, 6) is -1.47. The lowest BCUT2D eigenvalue weighted by molar-refractivity contribution is -0.326. The quantitative estimate of drug-likeness (QED) is 0.520. The Kier molecular flexibility index (Phi) is 4.64. The van der Waals surface area contributed by atoms with Gasteiger partial charge in [-0.15, -0.1) is 0 Å². The van der Waals surface area contributed by atoms with E-state index in [9.17, 15) is 9.90 Å². The summed E-state index contributed by atoms with van der Waals surface area (Å²) in [5.41, 5.74) is 0. The molecule has 6 nitrogen and oxygen atoms in total. The zero-order chi connectivity index (χ0) is 13.1. The van der Waals surface area contributed by atoms with Crippen molar-refractivity contribution in [3.05, 3.63) is 12.2 Å². The third kappa shape index (κ3) is 3.78. The lowest BCUT2D eigenvalue weighted by Gasteiger charge is -2.42. The number of hydrogen-bond donors (Lipinski definition) is 2. The molecule has 0 aromatic heterocycles. The zero-order valence-electron chi connectivity index (χ0n) is 10.1. The first-order valence-electron chi connectivity index (χ1n) is 5.30. The van der Waals surface area contributed by atoms with Crippen molar-refractivity contribution in [3.8, 4) is 0 Å². The number of hydrogen-bond acceptors (Lipinski definition) is 6. The van der Waals surface area contributed by atoms with Crippen LogP contribution in [0.5, 0.6) is 0 Å². The highest BCUT2D eigenvalue weighted by Gasteiger charge is 2.41. The lowest BCUT2D eigenvalue weighted by atomic mass is 10.0. The Labute approximate surface area is 99.8 Å². The molecule has 0 aromatic carbocycles. The van der Waals surface area contributed by atoms with Gasteiger partial charge in [-0.25, -0.2) is 4.79 Å². The van der Waals surface area contributed by atoms with Crippen LogP contribution in [0.4, 0.5) is 0 Å². The largest absolute Gasteiger partial charge is 0.466 e. The molecule has 6 heteroatoms. The Balaban J connectivity index is 2.75. The van der Waals surface area contributed by atoms with E-state index in [1.807, 2.05) is 0 Å². The molecule has 0 saturated carbocycles. The maximum Gasteiger partial charge on any atom is 0.330 e. The van der Waals surface area contributed by atoms with E-state index in [1.165, 1.54) is 19.3 Å². The van der Waals surface area contributed by atoms with E-state index in [1.54, 1.807) is 13.8 Å². The Morgan fingerprint density at radius 2 is 2.12 bits per heavy atom. The van der Waals surface area contributed by atoms with Gasteiger partial charge in [0, 0.05) is 6.08 Å². The van der Waals surface area contributed by atoms with Crippen LogP contribution < -0.4 is 0 Å². The summed E-state index contributed by atoms with van der Waals surface area (Å²) in [6.45, 7) is 3.01. The molecule has 0 unspecified atom stereocenters. The first-order valence-corrected chi connectivity index (χ1v) is 5.30. The second-order valence-corrected chi connectivity index (χ2v) is 4.19. The molecular formula is C11H18O6. The minimum absolute atomic E-state index is 0.323. The van der Waals surface area contributed by atoms with Gasteiger partial charge >= 0.3 is 5.97 Å². The topological polar surface area (TPSA) is 85.2 Å². The standard InChI is InChI=1S/C11H18O6/c1-11(2)16-7(4-5-9(13)15-3)10(14)8(6-12)17-11/h4-5,7-8,10,12,14H,6H2,1-3H3/b5-4-/t7-,8+,10+/m0/s1. The predicted octanol–water partition coefficient (Wildman–Crippen LogP) is -0.411. The number of aliphatic hydroxyl groups excluding tert-OH is 2. The fraction of sp³-hybridized carbons (Fsp3) is 0.727. The SMILES string of the molecule is COC(=O)/C=C\[C@@H]1OC(C)(C)O[C@H](CO)[C@@H]1O. The molecule has 1 rings (SSSR count). The summed E-state index contributed by atoms with van der Waals surface area (Å²) in [6, 6.07) is 0. The van der Waals surface area contributed by atoms with E-state index in [0.29, 0.717) is 0 Å². The molecule has 0 radical (unpaired) electrons. The van der Waals surface area contributed by atoms with Gasteiger partial charge in [-0.1, -0.05) is 0 Å². The molecule has 98 valence electrons. The number of methoxy groups -OCH3 is 1. The van der Waals surface area contributed by atoms with Crippen molar-refractivity contribution in [2.24, 2.45) is 0 Å². The molecule has 0 aromatic rings. The third-order valence-electron chi connectivity index (χ3n) is 2.38. The summed E-state index contributed by atoms with van der Waals surface area (Å²) in [5, 5.41) is 18.9. The Morgan fingerprint density at radius 1 is 1.47 bits per heavy atom. The van der Waals surface area contributed by atoms with Crippen molar-refractivity contribution in [2.45, 2.75) is 37.9 Å². The average molecular weight is 246 g/mol. The van der Waals surface area contributed by atoms with E-state index in [0.717, 1.165) is 0 Å². The number of carbonyl (C=O) groups is 1. The van der Waals surface area contributed by atoms with E-state index in [2.05, 4.69) is 4.74 Å². The summed E-state index contributed by atoms with van der Waals surface area (Å²) in [4.78, 5) is 10.9. The highest BCUT2D eigenvalue weighted by Crippen LogP contribution is 2.27. The van der Waals surface area contributed by atoms with Crippen LogP contribution in [-0.4, -0.2) is 54.0 Å². The van der Waals surface area contributed by atoms with Crippen LogP contribution in [0.15, 0.2) is 12.2 Å². The molecule has 0 amide bonds. The van der Waals surface area contributed by atoms with Crippen LogP contribution >= 0.6 is 0 Å². The molecule has 0 bridgehead atoms. The summed E-state index contributed by atoms with van der Waals surface area (Å²) in [6.07, 6.45) is 0.0580. The number of rotatable bonds is 3.